The van der Waals surface area contributed by atoms with Crippen molar-refractivity contribution >= 4 is 52.4 Å². The van der Waals surface area contributed by atoms with Crippen LogP contribution < -0.4 is 19.9 Å². The second-order valence-electron chi connectivity index (χ2n) is 24.3. The van der Waals surface area contributed by atoms with Crippen LogP contribution in [-0.2, 0) is 30.0 Å². The standard InChI is InChI=1S/C52H55N6O7/c1-44(2)19-15-25-29(64-44)13-11-27-33-36-50-28-12-14-30-26(16-20-45(3,4)65-30)35(28)58(63)38(50)47(7,8)31-23-48-17-9-21-55(48)42(61)51(31,54-40(48)59)39(50)57-41(60)49-18-10-22-56(49)43(62)52(36,57)32(24-49)46(5,6)37(33)53-34(25)27/h11-16,19-20,31-32,36,38-39,53H,9-10,17-18,21-24H2,1-8H3,(H,54,59)/q-1/t31-,32-,36+,38?,39-,48-,49+,50-,51+,52-/m0/s1. The molecule has 2 aliphatic carbocycles. The van der Waals surface area contributed by atoms with Crippen LogP contribution in [0, 0.1) is 22.5 Å². The maximum absolute atomic E-state index is 16.7. The van der Waals surface area contributed by atoms with Gasteiger partial charge in [-0.3, -0.25) is 19.2 Å². The van der Waals surface area contributed by atoms with Gasteiger partial charge in [-0.25, -0.2) is 0 Å². The number of carbonyl (C=O) groups excluding carboxylic acids is 4. The number of H-pyrrole nitrogens is 1. The number of hydroxylamine groups is 1. The first-order valence-electron chi connectivity index (χ1n) is 24.1. The number of nitrogens with zero attached hydrogens (tertiary/aromatic N) is 4. The molecule has 1 unspecified atom stereocenters. The maximum atomic E-state index is 16.7. The minimum atomic E-state index is -1.64. The molecule has 13 nitrogen and oxygen atoms in total. The van der Waals surface area contributed by atoms with Gasteiger partial charge in [0.05, 0.1) is 17.0 Å². The highest BCUT2D eigenvalue weighted by Crippen LogP contribution is 2.82. The lowest BCUT2D eigenvalue weighted by atomic mass is 9.38. The van der Waals surface area contributed by atoms with Crippen LogP contribution in [0.3, 0.4) is 0 Å². The zero-order chi connectivity index (χ0) is 44.9. The van der Waals surface area contributed by atoms with Crippen molar-refractivity contribution in [1.29, 1.82) is 0 Å². The van der Waals surface area contributed by atoms with E-state index in [0.29, 0.717) is 74.2 Å². The summed E-state index contributed by atoms with van der Waals surface area (Å²) in [4.78, 5) is 74.6. The first kappa shape index (κ1) is 37.9. The molecule has 0 radical (unpaired) electrons. The molecule has 14 aliphatic rings. The number of anilines is 1. The fraction of sp³-hybridized carbons (Fsp3) is 0.577. The van der Waals surface area contributed by atoms with E-state index in [4.69, 9.17) is 9.47 Å². The molecule has 2 aromatic carbocycles. The Morgan fingerprint density at radius 1 is 0.723 bits per heavy atom. The van der Waals surface area contributed by atoms with E-state index in [1.807, 2.05) is 72.7 Å². The van der Waals surface area contributed by atoms with Gasteiger partial charge in [-0.2, -0.15) is 0 Å². The molecule has 10 atom stereocenters. The van der Waals surface area contributed by atoms with Crippen molar-refractivity contribution in [2.75, 3.05) is 18.2 Å². The first-order valence-corrected chi connectivity index (χ1v) is 24.1. The van der Waals surface area contributed by atoms with Gasteiger partial charge in [0.25, 0.3) is 5.91 Å². The third-order valence-electron chi connectivity index (χ3n) is 20.2. The summed E-state index contributed by atoms with van der Waals surface area (Å²) >= 11 is 0. The second kappa shape index (κ2) is 10.3. The summed E-state index contributed by atoms with van der Waals surface area (Å²) in [5, 5.41) is 22.2. The predicted octanol–water partition coefficient (Wildman–Crippen LogP) is 6.17. The van der Waals surface area contributed by atoms with Gasteiger partial charge in [0.15, 0.2) is 0 Å². The summed E-state index contributed by atoms with van der Waals surface area (Å²) in [5.41, 5.74) is -4.01. The van der Waals surface area contributed by atoms with Crippen LogP contribution in [0.4, 0.5) is 5.69 Å². The number of benzene rings is 2. The van der Waals surface area contributed by atoms with Gasteiger partial charge < -0.3 is 44.7 Å². The van der Waals surface area contributed by atoms with Crippen LogP contribution in [-0.4, -0.2) is 102 Å². The lowest BCUT2D eigenvalue weighted by Gasteiger charge is -2.73. The van der Waals surface area contributed by atoms with E-state index in [0.717, 1.165) is 33.5 Å². The number of ether oxygens (including phenoxy) is 2. The summed E-state index contributed by atoms with van der Waals surface area (Å²) < 4.78 is 13.2. The molecule has 5 spiro atoms. The molecule has 13 heteroatoms. The number of hydrogen-bond acceptors (Lipinski definition) is 8. The zero-order valence-corrected chi connectivity index (χ0v) is 38.3. The van der Waals surface area contributed by atoms with Gasteiger partial charge in [-0.05, 0) is 125 Å². The van der Waals surface area contributed by atoms with E-state index in [9.17, 15) is 0 Å². The monoisotopic (exact) mass is 875 g/mol. The first-order chi connectivity index (χ1) is 30.7. The molecule has 4 amide bonds. The normalized spacial score (nSPS) is 42.0. The molecule has 17 rings (SSSR count). The summed E-state index contributed by atoms with van der Waals surface area (Å²) in [6, 6.07) is 6.16. The Hall–Kier alpha value is -5.30. The van der Waals surface area contributed by atoms with E-state index in [1.54, 1.807) is 0 Å². The predicted molar refractivity (Wildman–Crippen MR) is 241 cm³/mol. The Labute approximate surface area is 377 Å². The fourth-order valence-electron chi connectivity index (χ4n) is 18.2. The Morgan fingerprint density at radius 2 is 1.35 bits per heavy atom. The SMILES string of the molecule is CC1(C)C=Cc2c(ccc3c2N([O-])C2C(C)(C)[C@@H]4C[C@]56CCCN5C(=O)[C@]4(NC6=O)[C@H]4N5C(=O)[C@]67CCCN6C(=O)[C@]56[C@H](c5c([nH]c8c9c(ccc58)OC(C)(C)C=C9)C(C)(C)[C@@H]6C7)[C@@]324)O1. The lowest BCUT2D eigenvalue weighted by molar-refractivity contribution is -0.217. The van der Waals surface area contributed by atoms with Crippen LogP contribution in [0.2, 0.25) is 0 Å². The van der Waals surface area contributed by atoms with E-state index >= 15 is 24.4 Å². The van der Waals surface area contributed by atoms with Crippen molar-refractivity contribution in [3.63, 3.8) is 0 Å². The highest BCUT2D eigenvalue weighted by molar-refractivity contribution is 6.12. The van der Waals surface area contributed by atoms with E-state index in [1.165, 1.54) is 5.06 Å². The maximum Gasteiger partial charge on any atom is 0.251 e. The molecule has 3 aromatic rings. The third-order valence-corrected chi connectivity index (χ3v) is 20.2. The summed E-state index contributed by atoms with van der Waals surface area (Å²) in [7, 11) is 0. The van der Waals surface area contributed by atoms with Gasteiger partial charge in [0, 0.05) is 70.2 Å². The van der Waals surface area contributed by atoms with Crippen LogP contribution in [0.1, 0.15) is 128 Å². The van der Waals surface area contributed by atoms with Crippen LogP contribution in [0.5, 0.6) is 11.5 Å². The number of rotatable bonds is 0. The van der Waals surface area contributed by atoms with Gasteiger partial charge in [-0.15, -0.1) is 0 Å². The Bertz CT molecular complexity index is 3000. The van der Waals surface area contributed by atoms with E-state index in [2.05, 4.69) is 56.2 Å². The van der Waals surface area contributed by atoms with Crippen molar-refractivity contribution in [2.24, 2.45) is 17.3 Å². The molecular formula is C52H55N6O7-. The zero-order valence-electron chi connectivity index (χ0n) is 38.3. The van der Waals surface area contributed by atoms with E-state index < -0.39 is 79.4 Å². The van der Waals surface area contributed by atoms with Crippen molar-refractivity contribution < 1.29 is 28.7 Å². The molecule has 336 valence electrons. The number of fused-ring (bicyclic) bond motifs is 10. The quantitative estimate of drug-likeness (QED) is 0.273. The average molecular weight is 876 g/mol. The number of carbonyl (C=O) groups is 4. The van der Waals surface area contributed by atoms with Crippen molar-refractivity contribution in [3.05, 3.63) is 69.6 Å². The number of aromatic amines is 1. The third kappa shape index (κ3) is 3.46. The van der Waals surface area contributed by atoms with Gasteiger partial charge in [0.1, 0.15) is 44.9 Å². The largest absolute Gasteiger partial charge is 0.758 e. The minimum absolute atomic E-state index is 0.0881. The molecule has 9 saturated heterocycles. The Balaban J connectivity index is 1.15. The molecule has 10 fully saturated rings. The summed E-state index contributed by atoms with van der Waals surface area (Å²) in [6.45, 7) is 17.7. The summed E-state index contributed by atoms with van der Waals surface area (Å²) in [6.07, 6.45) is 11.5. The Morgan fingerprint density at radius 3 is 2.08 bits per heavy atom. The number of aromatic nitrogens is 1. The highest BCUT2D eigenvalue weighted by Gasteiger charge is 2.94. The molecule has 12 aliphatic heterocycles. The molecule has 65 heavy (non-hydrogen) atoms. The van der Waals surface area contributed by atoms with Crippen molar-refractivity contribution in [1.82, 2.24) is 25.0 Å². The number of amides is 4. The number of piperidine rings is 4. The minimum Gasteiger partial charge on any atom is -0.758 e. The number of hydrogen-bond donors (Lipinski definition) is 2. The van der Waals surface area contributed by atoms with Gasteiger partial charge in [0.2, 0.25) is 17.7 Å². The second-order valence-corrected chi connectivity index (χ2v) is 24.3. The molecule has 1 saturated carbocycles. The molecule has 1 aromatic heterocycles. The topological polar surface area (TPSA) is 151 Å². The van der Waals surface area contributed by atoms with Crippen LogP contribution >= 0.6 is 0 Å². The molecule has 4 bridgehead atoms. The van der Waals surface area contributed by atoms with E-state index in [-0.39, 0.29) is 23.6 Å². The van der Waals surface area contributed by atoms with Gasteiger partial charge in [-0.1, -0.05) is 33.8 Å². The van der Waals surface area contributed by atoms with Gasteiger partial charge >= 0.3 is 0 Å². The van der Waals surface area contributed by atoms with Crippen LogP contribution in [0.15, 0.2) is 36.4 Å². The lowest BCUT2D eigenvalue weighted by Crippen LogP contribution is -2.93. The summed E-state index contributed by atoms with van der Waals surface area (Å²) in [5.74, 6) is -1.01. The number of nitrogens with one attached hydrogen (secondary N) is 2. The van der Waals surface area contributed by atoms with Crippen molar-refractivity contribution in [3.8, 4) is 11.5 Å². The highest BCUT2D eigenvalue weighted by atomic mass is 16.5. The number of piperazine rings is 2. The van der Waals surface area contributed by atoms with Crippen molar-refractivity contribution in [2.45, 2.75) is 156 Å². The smallest absolute Gasteiger partial charge is 0.251 e. The average Bonchev–Trinajstić information content (AvgIpc) is 4.06. The fourth-order valence-corrected chi connectivity index (χ4v) is 18.2. The molecular weight excluding hydrogens is 821 g/mol. The Kier molecular flexibility index (Phi) is 6.01. The van der Waals surface area contributed by atoms with Crippen LogP contribution in [0.25, 0.3) is 23.1 Å². The molecule has 13 heterocycles. The molecule has 2 N–H and O–H groups in total.